The van der Waals surface area contributed by atoms with E-state index in [9.17, 15) is 0 Å². The first kappa shape index (κ1) is 15.2. The Morgan fingerprint density at radius 3 is 2.70 bits per heavy atom. The molecular weight excluding hydrogens is 316 g/mol. The van der Waals surface area contributed by atoms with Crippen molar-refractivity contribution >= 4 is 29.1 Å². The van der Waals surface area contributed by atoms with Crippen LogP contribution < -0.4 is 15.4 Å². The number of hydrogen-bond acceptors (Lipinski definition) is 6. The number of aromatic nitrogens is 2. The highest BCUT2D eigenvalue weighted by Gasteiger charge is 2.05. The number of hydrogen-bond donors (Lipinski definition) is 2. The summed E-state index contributed by atoms with van der Waals surface area (Å²) in [4.78, 5) is 8.55. The molecule has 118 valence electrons. The standard InChI is InChI=1S/C16H15ClN4O2/c1-22-12-6-4-11(5-7-12)19-16-20-14(17)9-15(21-16)18-10-13-3-2-8-23-13/h2-9H,10H2,1H3,(H2,18,19,20,21). The number of nitrogens with zero attached hydrogens (tertiary/aromatic N) is 2. The Morgan fingerprint density at radius 1 is 1.17 bits per heavy atom. The fourth-order valence-electron chi connectivity index (χ4n) is 1.96. The summed E-state index contributed by atoms with van der Waals surface area (Å²) in [5.74, 6) is 2.61. The summed E-state index contributed by atoms with van der Waals surface area (Å²) < 4.78 is 10.4. The molecule has 0 aliphatic carbocycles. The van der Waals surface area contributed by atoms with Crippen molar-refractivity contribution in [1.29, 1.82) is 0 Å². The first-order valence-electron chi connectivity index (χ1n) is 6.95. The smallest absolute Gasteiger partial charge is 0.230 e. The molecule has 2 aromatic heterocycles. The van der Waals surface area contributed by atoms with Gasteiger partial charge in [0, 0.05) is 11.8 Å². The largest absolute Gasteiger partial charge is 0.497 e. The van der Waals surface area contributed by atoms with Gasteiger partial charge in [0.2, 0.25) is 5.95 Å². The van der Waals surface area contributed by atoms with Gasteiger partial charge in [-0.25, -0.2) is 4.98 Å². The van der Waals surface area contributed by atoms with Crippen molar-refractivity contribution in [3.8, 4) is 5.75 Å². The molecule has 0 amide bonds. The molecule has 0 radical (unpaired) electrons. The molecule has 0 aliphatic rings. The molecule has 3 rings (SSSR count). The number of methoxy groups -OCH3 is 1. The highest BCUT2D eigenvalue weighted by Crippen LogP contribution is 2.21. The van der Waals surface area contributed by atoms with Crippen molar-refractivity contribution in [3.05, 3.63) is 59.6 Å². The van der Waals surface area contributed by atoms with Crippen molar-refractivity contribution in [2.45, 2.75) is 6.54 Å². The van der Waals surface area contributed by atoms with Crippen molar-refractivity contribution in [3.63, 3.8) is 0 Å². The fourth-order valence-corrected chi connectivity index (χ4v) is 2.14. The molecule has 0 aliphatic heterocycles. The monoisotopic (exact) mass is 330 g/mol. The van der Waals surface area contributed by atoms with Gasteiger partial charge >= 0.3 is 0 Å². The van der Waals surface area contributed by atoms with E-state index in [4.69, 9.17) is 20.8 Å². The van der Waals surface area contributed by atoms with Gasteiger partial charge < -0.3 is 19.8 Å². The van der Waals surface area contributed by atoms with E-state index in [2.05, 4.69) is 20.6 Å². The molecule has 2 heterocycles. The van der Waals surface area contributed by atoms with Crippen molar-refractivity contribution in [1.82, 2.24) is 9.97 Å². The number of rotatable bonds is 6. The zero-order chi connectivity index (χ0) is 16.1. The SMILES string of the molecule is COc1ccc(Nc2nc(Cl)cc(NCc3ccco3)n2)cc1. The van der Waals surface area contributed by atoms with Crippen LogP contribution in [0.15, 0.2) is 53.1 Å². The zero-order valence-electron chi connectivity index (χ0n) is 12.4. The lowest BCUT2D eigenvalue weighted by molar-refractivity contribution is 0.415. The van der Waals surface area contributed by atoms with Crippen LogP contribution in [-0.2, 0) is 6.54 Å². The third kappa shape index (κ3) is 4.14. The molecule has 0 bridgehead atoms. The quantitative estimate of drug-likeness (QED) is 0.663. The molecule has 0 unspecified atom stereocenters. The number of anilines is 3. The van der Waals surface area contributed by atoms with Crippen LogP contribution in [0.1, 0.15) is 5.76 Å². The summed E-state index contributed by atoms with van der Waals surface area (Å²) in [5.41, 5.74) is 0.838. The second-order valence-corrected chi connectivity index (χ2v) is 5.07. The maximum Gasteiger partial charge on any atom is 0.230 e. The predicted molar refractivity (Wildman–Crippen MR) is 89.4 cm³/mol. The van der Waals surface area contributed by atoms with Crippen LogP contribution in [0, 0.1) is 0 Å². The third-order valence-electron chi connectivity index (χ3n) is 3.06. The Balaban J connectivity index is 1.71. The Bertz CT molecular complexity index is 760. The average molecular weight is 331 g/mol. The van der Waals surface area contributed by atoms with E-state index >= 15 is 0 Å². The minimum atomic E-state index is 0.345. The van der Waals surface area contributed by atoms with Gasteiger partial charge in [-0.1, -0.05) is 11.6 Å². The van der Waals surface area contributed by atoms with Gasteiger partial charge in [-0.05, 0) is 36.4 Å². The van der Waals surface area contributed by atoms with Gasteiger partial charge in [0.05, 0.1) is 19.9 Å². The lowest BCUT2D eigenvalue weighted by Crippen LogP contribution is -2.04. The summed E-state index contributed by atoms with van der Waals surface area (Å²) in [5, 5.41) is 6.59. The number of furan rings is 1. The zero-order valence-corrected chi connectivity index (χ0v) is 13.2. The minimum Gasteiger partial charge on any atom is -0.497 e. The normalized spacial score (nSPS) is 10.3. The molecular formula is C16H15ClN4O2. The van der Waals surface area contributed by atoms with Crippen LogP contribution in [0.5, 0.6) is 5.75 Å². The van der Waals surface area contributed by atoms with Crippen LogP contribution in [0.25, 0.3) is 0 Å². The van der Waals surface area contributed by atoms with Crippen LogP contribution in [0.2, 0.25) is 5.15 Å². The van der Waals surface area contributed by atoms with Crippen LogP contribution >= 0.6 is 11.6 Å². The molecule has 7 heteroatoms. The summed E-state index contributed by atoms with van der Waals surface area (Å²) in [6.07, 6.45) is 1.63. The van der Waals surface area contributed by atoms with E-state index in [-0.39, 0.29) is 0 Å². The van der Waals surface area contributed by atoms with Crippen molar-refractivity contribution in [2.24, 2.45) is 0 Å². The summed E-state index contributed by atoms with van der Waals surface area (Å²) in [6, 6.07) is 12.8. The lowest BCUT2D eigenvalue weighted by atomic mass is 10.3. The van der Waals surface area contributed by atoms with Crippen LogP contribution in [0.4, 0.5) is 17.5 Å². The highest BCUT2D eigenvalue weighted by molar-refractivity contribution is 6.29. The summed E-state index contributed by atoms with van der Waals surface area (Å²) >= 11 is 6.05. The molecule has 23 heavy (non-hydrogen) atoms. The topological polar surface area (TPSA) is 72.2 Å². The molecule has 0 saturated carbocycles. The molecule has 0 spiro atoms. The Hall–Kier alpha value is -2.73. The van der Waals surface area contributed by atoms with E-state index in [0.717, 1.165) is 17.2 Å². The van der Waals surface area contributed by atoms with Gasteiger partial charge in [0.25, 0.3) is 0 Å². The Morgan fingerprint density at radius 2 is 2.00 bits per heavy atom. The Labute approximate surface area is 138 Å². The van der Waals surface area contributed by atoms with Crippen molar-refractivity contribution in [2.75, 3.05) is 17.7 Å². The van der Waals surface area contributed by atoms with E-state index < -0.39 is 0 Å². The molecule has 0 saturated heterocycles. The van der Waals surface area contributed by atoms with E-state index in [1.807, 2.05) is 36.4 Å². The molecule has 3 aromatic rings. The van der Waals surface area contributed by atoms with Gasteiger partial charge in [-0.2, -0.15) is 4.98 Å². The first-order chi connectivity index (χ1) is 11.2. The molecule has 1 aromatic carbocycles. The number of ether oxygens (including phenoxy) is 1. The van der Waals surface area contributed by atoms with E-state index in [0.29, 0.717) is 23.5 Å². The number of benzene rings is 1. The van der Waals surface area contributed by atoms with Crippen LogP contribution in [-0.4, -0.2) is 17.1 Å². The van der Waals surface area contributed by atoms with Gasteiger partial charge in [-0.3, -0.25) is 0 Å². The van der Waals surface area contributed by atoms with Crippen LogP contribution in [0.3, 0.4) is 0 Å². The molecule has 6 nitrogen and oxygen atoms in total. The van der Waals surface area contributed by atoms with Gasteiger partial charge in [-0.15, -0.1) is 0 Å². The summed E-state index contributed by atoms with van der Waals surface area (Å²) in [6.45, 7) is 0.516. The predicted octanol–water partition coefficient (Wildman–Crippen LogP) is 4.09. The number of halogens is 1. The average Bonchev–Trinajstić information content (AvgIpc) is 3.07. The minimum absolute atomic E-state index is 0.345. The van der Waals surface area contributed by atoms with Crippen molar-refractivity contribution < 1.29 is 9.15 Å². The molecule has 0 atom stereocenters. The summed E-state index contributed by atoms with van der Waals surface area (Å²) in [7, 11) is 1.62. The highest BCUT2D eigenvalue weighted by atomic mass is 35.5. The van der Waals surface area contributed by atoms with Gasteiger partial charge in [0.15, 0.2) is 0 Å². The van der Waals surface area contributed by atoms with E-state index in [1.165, 1.54) is 0 Å². The van der Waals surface area contributed by atoms with Gasteiger partial charge in [0.1, 0.15) is 22.5 Å². The third-order valence-corrected chi connectivity index (χ3v) is 3.26. The first-order valence-corrected chi connectivity index (χ1v) is 7.32. The lowest BCUT2D eigenvalue weighted by Gasteiger charge is -2.09. The maximum atomic E-state index is 6.05. The maximum absolute atomic E-state index is 6.05. The second-order valence-electron chi connectivity index (χ2n) is 4.69. The second kappa shape index (κ2) is 7.02. The Kier molecular flexibility index (Phi) is 4.63. The fraction of sp³-hybridized carbons (Fsp3) is 0.125. The number of nitrogens with one attached hydrogen (secondary N) is 2. The van der Waals surface area contributed by atoms with E-state index in [1.54, 1.807) is 19.4 Å². The molecule has 0 fully saturated rings. The molecule has 2 N–H and O–H groups in total.